The Morgan fingerprint density at radius 1 is 0.895 bits per heavy atom. The third-order valence-electron chi connectivity index (χ3n) is 7.52. The number of rotatable bonds is 7. The molecule has 5 rings (SSSR count). The lowest BCUT2D eigenvalue weighted by atomic mass is 9.79. The van der Waals surface area contributed by atoms with E-state index in [2.05, 4.69) is 5.32 Å². The van der Waals surface area contributed by atoms with E-state index in [9.17, 15) is 19.5 Å². The molecule has 2 fully saturated rings. The van der Waals surface area contributed by atoms with Gasteiger partial charge in [-0.1, -0.05) is 84.9 Å². The van der Waals surface area contributed by atoms with E-state index in [1.807, 2.05) is 84.9 Å². The number of carbonyl (C=O) groups excluding carboxylic acids is 2. The molecule has 0 bridgehead atoms. The highest BCUT2D eigenvalue weighted by molar-refractivity contribution is 6.10. The Kier molecular flexibility index (Phi) is 6.67. The summed E-state index contributed by atoms with van der Waals surface area (Å²) in [7, 11) is 0. The highest BCUT2D eigenvalue weighted by atomic mass is 16.5. The number of imide groups is 1. The van der Waals surface area contributed by atoms with Crippen LogP contribution in [0, 0.1) is 11.8 Å². The van der Waals surface area contributed by atoms with Crippen molar-refractivity contribution in [3.63, 3.8) is 0 Å². The normalized spacial score (nSPS) is 25.0. The van der Waals surface area contributed by atoms with Gasteiger partial charge in [0.2, 0.25) is 11.8 Å². The number of amides is 2. The Hall–Kier alpha value is -3.81. The van der Waals surface area contributed by atoms with Crippen LogP contribution in [-0.4, -0.2) is 45.5 Å². The monoisotopic (exact) mass is 512 g/mol. The van der Waals surface area contributed by atoms with Crippen LogP contribution in [0.25, 0.3) is 11.1 Å². The van der Waals surface area contributed by atoms with Crippen molar-refractivity contribution < 1.29 is 24.2 Å². The van der Waals surface area contributed by atoms with Crippen LogP contribution in [0.3, 0.4) is 0 Å². The van der Waals surface area contributed by atoms with Crippen molar-refractivity contribution in [1.82, 2.24) is 10.2 Å². The molecule has 4 atom stereocenters. The van der Waals surface area contributed by atoms with Crippen LogP contribution in [0.5, 0.6) is 0 Å². The van der Waals surface area contributed by atoms with Crippen LogP contribution in [0.15, 0.2) is 84.9 Å². The van der Waals surface area contributed by atoms with E-state index in [-0.39, 0.29) is 19.1 Å². The van der Waals surface area contributed by atoms with Crippen LogP contribution in [0.1, 0.15) is 37.9 Å². The molecule has 2 aliphatic rings. The second-order valence-corrected chi connectivity index (χ2v) is 11.1. The van der Waals surface area contributed by atoms with Crippen molar-refractivity contribution in [2.45, 2.75) is 44.5 Å². The van der Waals surface area contributed by atoms with Gasteiger partial charge < -0.3 is 9.84 Å². The highest BCUT2D eigenvalue weighted by Gasteiger charge is 2.69. The molecule has 2 heterocycles. The number of carbonyl (C=O) groups is 3. The third kappa shape index (κ3) is 4.42. The molecule has 196 valence electrons. The molecule has 0 spiro atoms. The fourth-order valence-electron chi connectivity index (χ4n) is 5.76. The van der Waals surface area contributed by atoms with Gasteiger partial charge in [0.05, 0.1) is 25.0 Å². The van der Waals surface area contributed by atoms with Crippen LogP contribution in [0.2, 0.25) is 0 Å². The lowest BCUT2D eigenvalue weighted by Gasteiger charge is -2.35. The molecule has 2 N–H and O–H groups in total. The minimum Gasteiger partial charge on any atom is -0.480 e. The molecule has 0 aliphatic carbocycles. The number of fused-ring (bicyclic) bond motifs is 1. The Bertz CT molecular complexity index is 1330. The van der Waals surface area contributed by atoms with E-state index < -0.39 is 40.8 Å². The van der Waals surface area contributed by atoms with E-state index in [0.29, 0.717) is 0 Å². The van der Waals surface area contributed by atoms with Gasteiger partial charge in [0.1, 0.15) is 0 Å². The maximum Gasteiger partial charge on any atom is 0.327 e. The van der Waals surface area contributed by atoms with Crippen molar-refractivity contribution >= 4 is 17.8 Å². The van der Waals surface area contributed by atoms with Crippen LogP contribution in [-0.2, 0) is 25.7 Å². The number of benzene rings is 3. The van der Waals surface area contributed by atoms with Crippen LogP contribution in [0.4, 0.5) is 0 Å². The van der Waals surface area contributed by atoms with E-state index >= 15 is 0 Å². The molecule has 7 nitrogen and oxygen atoms in total. The molecule has 0 saturated carbocycles. The van der Waals surface area contributed by atoms with E-state index in [4.69, 9.17) is 4.74 Å². The molecule has 3 aromatic rings. The Morgan fingerprint density at radius 2 is 1.47 bits per heavy atom. The minimum absolute atomic E-state index is 0.191. The van der Waals surface area contributed by atoms with Crippen molar-refractivity contribution in [3.8, 4) is 11.1 Å². The van der Waals surface area contributed by atoms with Crippen molar-refractivity contribution in [2.24, 2.45) is 11.8 Å². The Morgan fingerprint density at radius 3 is 2.05 bits per heavy atom. The highest BCUT2D eigenvalue weighted by Crippen LogP contribution is 2.50. The Balaban J connectivity index is 1.51. The van der Waals surface area contributed by atoms with Crippen LogP contribution >= 0.6 is 0 Å². The summed E-state index contributed by atoms with van der Waals surface area (Å²) in [5.74, 6) is -4.00. The molecular formula is C31H32N2O5. The van der Waals surface area contributed by atoms with Gasteiger partial charge >= 0.3 is 5.97 Å². The van der Waals surface area contributed by atoms with Gasteiger partial charge in [0.15, 0.2) is 5.54 Å². The van der Waals surface area contributed by atoms with Crippen LogP contribution < -0.4 is 5.32 Å². The summed E-state index contributed by atoms with van der Waals surface area (Å²) in [4.78, 5) is 41.7. The zero-order valence-electron chi connectivity index (χ0n) is 21.8. The standard InChI is InChI=1S/C31H32N2O5/c1-30(2,3)33-27(34)24-25(28(33)35)31(29(36)37,19-38-18-20-10-6-4-7-11-20)32-26(24)23-16-14-22(15-17-23)21-12-8-5-9-13-21/h4-17,24-26,32H,18-19H2,1-3H3,(H,36,37). The fraction of sp³-hybridized carbons (Fsp3) is 0.323. The van der Waals surface area contributed by atoms with Crippen molar-refractivity contribution in [1.29, 1.82) is 0 Å². The molecule has 2 amide bonds. The summed E-state index contributed by atoms with van der Waals surface area (Å²) in [5.41, 5.74) is 1.16. The molecular weight excluding hydrogens is 480 g/mol. The molecule has 0 aromatic heterocycles. The number of aliphatic carboxylic acids is 1. The maximum absolute atomic E-state index is 13.8. The number of likely N-dealkylation sites (tertiary alicyclic amines) is 1. The topological polar surface area (TPSA) is 95.9 Å². The molecule has 2 saturated heterocycles. The summed E-state index contributed by atoms with van der Waals surface area (Å²) >= 11 is 0. The lowest BCUT2D eigenvalue weighted by Crippen LogP contribution is -2.60. The smallest absolute Gasteiger partial charge is 0.327 e. The van der Waals surface area contributed by atoms with E-state index in [1.165, 1.54) is 4.90 Å². The van der Waals surface area contributed by atoms with Gasteiger partial charge in [-0.15, -0.1) is 0 Å². The minimum atomic E-state index is -1.76. The predicted molar refractivity (Wildman–Crippen MR) is 143 cm³/mol. The van der Waals surface area contributed by atoms with Crippen molar-refractivity contribution in [3.05, 3.63) is 96.1 Å². The molecule has 38 heavy (non-hydrogen) atoms. The maximum atomic E-state index is 13.8. The zero-order valence-corrected chi connectivity index (χ0v) is 21.8. The van der Waals surface area contributed by atoms with Gasteiger partial charge in [-0.3, -0.25) is 24.6 Å². The SMILES string of the molecule is CC(C)(C)N1C(=O)C2C(c3ccc(-c4ccccc4)cc3)NC(COCc3ccccc3)(C(=O)O)C2C1=O. The quantitative estimate of drug-likeness (QED) is 0.455. The molecule has 7 heteroatoms. The summed E-state index contributed by atoms with van der Waals surface area (Å²) < 4.78 is 5.92. The number of carboxylic acid groups (broad SMARTS) is 1. The van der Waals surface area contributed by atoms with Gasteiger partial charge in [-0.2, -0.15) is 0 Å². The van der Waals surface area contributed by atoms with Crippen molar-refractivity contribution in [2.75, 3.05) is 6.61 Å². The summed E-state index contributed by atoms with van der Waals surface area (Å²) in [6, 6.07) is 26.4. The first kappa shape index (κ1) is 25.8. The third-order valence-corrected chi connectivity index (χ3v) is 7.52. The number of hydrogen-bond acceptors (Lipinski definition) is 5. The first-order valence-corrected chi connectivity index (χ1v) is 12.8. The van der Waals surface area contributed by atoms with Gasteiger partial charge in [0, 0.05) is 11.6 Å². The summed E-state index contributed by atoms with van der Waals surface area (Å²) in [5, 5.41) is 13.7. The number of ether oxygens (including phenoxy) is 1. The molecule has 2 aliphatic heterocycles. The molecule has 3 aromatic carbocycles. The fourth-order valence-corrected chi connectivity index (χ4v) is 5.76. The van der Waals surface area contributed by atoms with Gasteiger partial charge in [-0.25, -0.2) is 0 Å². The second kappa shape index (κ2) is 9.82. The number of hydrogen-bond donors (Lipinski definition) is 2. The van der Waals surface area contributed by atoms with Gasteiger partial charge in [0.25, 0.3) is 0 Å². The van der Waals surface area contributed by atoms with E-state index in [1.54, 1.807) is 20.8 Å². The second-order valence-electron chi connectivity index (χ2n) is 11.1. The largest absolute Gasteiger partial charge is 0.480 e. The molecule has 4 unspecified atom stereocenters. The predicted octanol–water partition coefficient (Wildman–Crippen LogP) is 4.44. The lowest BCUT2D eigenvalue weighted by molar-refractivity contribution is -0.156. The number of nitrogens with zero attached hydrogens (tertiary/aromatic N) is 1. The average Bonchev–Trinajstić information content (AvgIpc) is 3.39. The van der Waals surface area contributed by atoms with E-state index in [0.717, 1.165) is 22.3 Å². The summed E-state index contributed by atoms with van der Waals surface area (Å²) in [6.45, 7) is 5.30. The molecule has 0 radical (unpaired) electrons. The van der Waals surface area contributed by atoms with Gasteiger partial charge in [-0.05, 0) is 43.0 Å². The number of carboxylic acids is 1. The number of nitrogens with one attached hydrogen (secondary N) is 1. The first-order chi connectivity index (χ1) is 18.1. The first-order valence-electron chi connectivity index (χ1n) is 12.8. The summed E-state index contributed by atoms with van der Waals surface area (Å²) in [6.07, 6.45) is 0. The average molecular weight is 513 g/mol. The zero-order chi connectivity index (χ0) is 27.1. The Labute approximate surface area is 222 Å².